The zero-order valence-electron chi connectivity index (χ0n) is 8.70. The summed E-state index contributed by atoms with van der Waals surface area (Å²) in [7, 11) is 0. The molecule has 0 aliphatic rings. The Morgan fingerprint density at radius 1 is 1.22 bits per heavy atom. The van der Waals surface area contributed by atoms with E-state index in [2.05, 4.69) is 21.2 Å². The van der Waals surface area contributed by atoms with Gasteiger partial charge >= 0.3 is 0 Å². The number of rotatable bonds is 2. The number of nitriles is 3. The molecule has 0 spiro atoms. The summed E-state index contributed by atoms with van der Waals surface area (Å²) >= 11 is 2.98. The number of aromatic hydroxyl groups is 1. The van der Waals surface area contributed by atoms with Crippen LogP contribution in [0.4, 0.5) is 10.1 Å². The molecule has 0 heterocycles. The largest absolute Gasteiger partial charge is 0.506 e. The fraction of sp³-hybridized carbons (Fsp3) is 0. The zero-order chi connectivity index (χ0) is 13.7. The van der Waals surface area contributed by atoms with Gasteiger partial charge in [0, 0.05) is 4.47 Å². The molecule has 2 N–H and O–H groups in total. The van der Waals surface area contributed by atoms with E-state index in [0.29, 0.717) is 4.47 Å². The maximum Gasteiger partial charge on any atom is 0.163 e. The molecule has 0 aliphatic heterocycles. The van der Waals surface area contributed by atoms with E-state index in [9.17, 15) is 9.50 Å². The van der Waals surface area contributed by atoms with Crippen molar-refractivity contribution < 1.29 is 9.50 Å². The lowest BCUT2D eigenvalue weighted by atomic mass is 10.2. The Hall–Kier alpha value is -2.56. The van der Waals surface area contributed by atoms with E-state index in [-0.39, 0.29) is 5.69 Å². The maximum absolute atomic E-state index is 13.5. The molecule has 0 amide bonds. The van der Waals surface area contributed by atoms with Gasteiger partial charge in [-0.05, 0) is 12.1 Å². The van der Waals surface area contributed by atoms with Gasteiger partial charge in [0.25, 0.3) is 0 Å². The molecule has 18 heavy (non-hydrogen) atoms. The minimum Gasteiger partial charge on any atom is -0.506 e. The van der Waals surface area contributed by atoms with Crippen molar-refractivity contribution in [1.82, 2.24) is 0 Å². The number of benzene rings is 1. The molecule has 5 nitrogen and oxygen atoms in total. The van der Waals surface area contributed by atoms with Gasteiger partial charge in [0.2, 0.25) is 0 Å². The van der Waals surface area contributed by atoms with E-state index in [0.717, 1.165) is 6.07 Å². The van der Waals surface area contributed by atoms with Gasteiger partial charge in [-0.15, -0.1) is 0 Å². The Labute approximate surface area is 110 Å². The average molecular weight is 307 g/mol. The first-order chi connectivity index (χ1) is 8.53. The predicted molar refractivity (Wildman–Crippen MR) is 63.3 cm³/mol. The molecule has 0 fully saturated rings. The van der Waals surface area contributed by atoms with Gasteiger partial charge in [0.1, 0.15) is 35.3 Å². The number of hydrogen-bond acceptors (Lipinski definition) is 5. The molecule has 0 aliphatic carbocycles. The minimum atomic E-state index is -0.829. The van der Waals surface area contributed by atoms with Crippen LogP contribution in [0.15, 0.2) is 27.9 Å². The molecule has 7 heteroatoms. The van der Waals surface area contributed by atoms with Crippen LogP contribution in [0.25, 0.3) is 0 Å². The summed E-state index contributed by atoms with van der Waals surface area (Å²) in [6.45, 7) is 0. The van der Waals surface area contributed by atoms with E-state index >= 15 is 0 Å². The molecule has 88 valence electrons. The number of anilines is 1. The topological polar surface area (TPSA) is 104 Å². The molecule has 0 radical (unpaired) electrons. The maximum atomic E-state index is 13.5. The molecule has 0 bridgehead atoms. The number of nitrogens with one attached hydrogen (secondary N) is 1. The monoisotopic (exact) mass is 306 g/mol. The highest BCUT2D eigenvalue weighted by Gasteiger charge is 2.13. The number of hydrogen-bond donors (Lipinski definition) is 2. The SMILES string of the molecule is N#CC(C#N)=C(C#N)Nc1c(O)cc(Br)cc1F. The molecule has 0 unspecified atom stereocenters. The van der Waals surface area contributed by atoms with Gasteiger partial charge in [-0.3, -0.25) is 0 Å². The van der Waals surface area contributed by atoms with Gasteiger partial charge in [-0.2, -0.15) is 15.8 Å². The lowest BCUT2D eigenvalue weighted by Crippen LogP contribution is -2.03. The Balaban J connectivity index is 3.30. The predicted octanol–water partition coefficient (Wildman–Crippen LogP) is 2.53. The molecule has 0 saturated carbocycles. The van der Waals surface area contributed by atoms with Crippen LogP contribution >= 0.6 is 15.9 Å². The Bertz CT molecular complexity index is 609. The van der Waals surface area contributed by atoms with Crippen molar-refractivity contribution in [1.29, 1.82) is 15.8 Å². The van der Waals surface area contributed by atoms with Crippen molar-refractivity contribution in [2.24, 2.45) is 0 Å². The van der Waals surface area contributed by atoms with Crippen molar-refractivity contribution in [3.8, 4) is 24.0 Å². The summed E-state index contributed by atoms with van der Waals surface area (Å²) in [5.74, 6) is -1.28. The third-order valence-corrected chi connectivity index (χ3v) is 2.33. The Kier molecular flexibility index (Phi) is 4.26. The second kappa shape index (κ2) is 5.67. The fourth-order valence-corrected chi connectivity index (χ4v) is 1.51. The van der Waals surface area contributed by atoms with Gasteiger partial charge in [-0.25, -0.2) is 4.39 Å². The quantitative estimate of drug-likeness (QED) is 0.645. The Morgan fingerprint density at radius 2 is 1.83 bits per heavy atom. The zero-order valence-corrected chi connectivity index (χ0v) is 10.3. The number of phenols is 1. The standard InChI is InChI=1S/C11H4BrFN4O/c12-7-1-8(13)11(10(18)2-7)17-9(5-16)6(3-14)4-15/h1-2,17-18H. The normalized spacial score (nSPS) is 8.61. The Morgan fingerprint density at radius 3 is 2.28 bits per heavy atom. The number of halogens is 2. The van der Waals surface area contributed by atoms with E-state index in [4.69, 9.17) is 15.8 Å². The second-order valence-electron chi connectivity index (χ2n) is 2.99. The average Bonchev–Trinajstić information content (AvgIpc) is 2.32. The summed E-state index contributed by atoms with van der Waals surface area (Å²) in [6, 6.07) is 6.81. The van der Waals surface area contributed by atoms with Gasteiger partial charge in [0.05, 0.1) is 0 Å². The molecule has 0 atom stereocenters. The third-order valence-electron chi connectivity index (χ3n) is 1.87. The summed E-state index contributed by atoms with van der Waals surface area (Å²) in [4.78, 5) is 0. The fourth-order valence-electron chi connectivity index (χ4n) is 1.09. The van der Waals surface area contributed by atoms with Crippen molar-refractivity contribution in [2.45, 2.75) is 0 Å². The highest BCUT2D eigenvalue weighted by molar-refractivity contribution is 9.10. The van der Waals surface area contributed by atoms with E-state index in [1.54, 1.807) is 6.07 Å². The minimum absolute atomic E-state index is 0.311. The lowest BCUT2D eigenvalue weighted by Gasteiger charge is -2.08. The summed E-state index contributed by atoms with van der Waals surface area (Å²) in [5, 5.41) is 37.7. The van der Waals surface area contributed by atoms with E-state index in [1.807, 2.05) is 0 Å². The van der Waals surface area contributed by atoms with Gasteiger partial charge < -0.3 is 10.4 Å². The van der Waals surface area contributed by atoms with Crippen LogP contribution in [0.1, 0.15) is 0 Å². The van der Waals surface area contributed by atoms with Crippen molar-refractivity contribution in [3.63, 3.8) is 0 Å². The summed E-state index contributed by atoms with van der Waals surface area (Å²) in [5.41, 5.74) is -1.31. The first-order valence-corrected chi connectivity index (χ1v) is 5.22. The number of allylic oxidation sites excluding steroid dienone is 2. The summed E-state index contributed by atoms with van der Waals surface area (Å²) < 4.78 is 13.8. The van der Waals surface area contributed by atoms with Crippen LogP contribution in [-0.2, 0) is 0 Å². The lowest BCUT2D eigenvalue weighted by molar-refractivity contribution is 0.472. The molecule has 1 aromatic rings. The first-order valence-electron chi connectivity index (χ1n) is 4.43. The molecule has 1 rings (SSSR count). The smallest absolute Gasteiger partial charge is 0.163 e. The van der Waals surface area contributed by atoms with Crippen molar-refractivity contribution in [2.75, 3.05) is 5.32 Å². The highest BCUT2D eigenvalue weighted by atomic mass is 79.9. The molecule has 0 aromatic heterocycles. The second-order valence-corrected chi connectivity index (χ2v) is 3.91. The van der Waals surface area contributed by atoms with Crippen LogP contribution in [0, 0.1) is 39.8 Å². The first kappa shape index (κ1) is 13.5. The number of nitrogens with zero attached hydrogens (tertiary/aromatic N) is 3. The van der Waals surface area contributed by atoms with Crippen LogP contribution in [-0.4, -0.2) is 5.11 Å². The molecule has 1 aromatic carbocycles. The van der Waals surface area contributed by atoms with Gasteiger partial charge in [-0.1, -0.05) is 15.9 Å². The highest BCUT2D eigenvalue weighted by Crippen LogP contribution is 2.31. The van der Waals surface area contributed by atoms with Crippen LogP contribution in [0.3, 0.4) is 0 Å². The van der Waals surface area contributed by atoms with Gasteiger partial charge in [0.15, 0.2) is 11.4 Å². The van der Waals surface area contributed by atoms with E-state index in [1.165, 1.54) is 18.2 Å². The van der Waals surface area contributed by atoms with Crippen molar-refractivity contribution in [3.05, 3.63) is 33.7 Å². The van der Waals surface area contributed by atoms with Crippen molar-refractivity contribution >= 4 is 21.6 Å². The summed E-state index contributed by atoms with van der Waals surface area (Å²) in [6.07, 6.45) is 0. The number of phenolic OH excluding ortho intramolecular Hbond substituents is 1. The third kappa shape index (κ3) is 2.76. The van der Waals surface area contributed by atoms with Crippen LogP contribution in [0.2, 0.25) is 0 Å². The van der Waals surface area contributed by atoms with Crippen LogP contribution < -0.4 is 5.32 Å². The van der Waals surface area contributed by atoms with Crippen LogP contribution in [0.5, 0.6) is 5.75 Å². The molecular formula is C11H4BrFN4O. The molecular weight excluding hydrogens is 303 g/mol. The molecule has 0 saturated heterocycles. The van der Waals surface area contributed by atoms with E-state index < -0.39 is 22.8 Å².